The maximum atomic E-state index is 6.09. The van der Waals surface area contributed by atoms with Gasteiger partial charge in [0, 0.05) is 34.8 Å². The summed E-state index contributed by atoms with van der Waals surface area (Å²) < 4.78 is 3.79. The molecular weight excluding hydrogens is 247 g/mol. The zero-order valence-corrected chi connectivity index (χ0v) is 7.66. The van der Waals surface area contributed by atoms with Crippen molar-refractivity contribution in [3.8, 4) is 0 Å². The summed E-state index contributed by atoms with van der Waals surface area (Å²) in [7, 11) is 1.66. The van der Waals surface area contributed by atoms with Crippen LogP contribution in [0.15, 0.2) is 15.7 Å². The lowest BCUT2D eigenvalue weighted by molar-refractivity contribution is -0.841. The standard InChI is InChI=1S/H3N4O10P/c1-2-3-4-5-6-7-8-9-10-11-12-13-14-15/h1H,15H2/b2-1?,4-3+. The molecule has 0 aromatic rings. The van der Waals surface area contributed by atoms with Crippen LogP contribution in [-0.2, 0) is 50.0 Å². The van der Waals surface area contributed by atoms with Gasteiger partial charge in [0.1, 0.15) is 0 Å². The fourth-order valence-corrected chi connectivity index (χ4v) is 0.175. The number of rotatable bonds is 11. The van der Waals surface area contributed by atoms with Gasteiger partial charge in [0.25, 0.3) is 0 Å². The molecular formula is H3N4O10P. The largest absolute Gasteiger partial charge is 0.189 e. The van der Waals surface area contributed by atoms with E-state index >= 15 is 0 Å². The number of hydrogen-bond donors (Lipinski definition) is 1. The highest BCUT2D eigenvalue weighted by Gasteiger charge is 1.95. The van der Waals surface area contributed by atoms with Crippen molar-refractivity contribution in [3.63, 3.8) is 0 Å². The highest BCUT2D eigenvalue weighted by atomic mass is 31.0. The molecule has 0 heterocycles. The molecule has 88 valence electrons. The summed E-state index contributed by atoms with van der Waals surface area (Å²) in [6, 6.07) is 0. The number of nitrogens with zero attached hydrogens (tertiary/aromatic N) is 3. The summed E-state index contributed by atoms with van der Waals surface area (Å²) in [5, 5.41) is 36.1. The molecule has 1 atom stereocenters. The Labute approximate surface area is 81.9 Å². The van der Waals surface area contributed by atoms with E-state index in [0.717, 1.165) is 0 Å². The molecule has 0 bridgehead atoms. The van der Waals surface area contributed by atoms with E-state index in [2.05, 4.69) is 65.7 Å². The van der Waals surface area contributed by atoms with Gasteiger partial charge in [-0.3, -0.25) is 0 Å². The summed E-state index contributed by atoms with van der Waals surface area (Å²) in [6.07, 6.45) is 0. The Morgan fingerprint density at radius 1 is 0.800 bits per heavy atom. The second-order valence-corrected chi connectivity index (χ2v) is 1.18. The fourth-order valence-electron chi connectivity index (χ4n) is 0.143. The Balaban J connectivity index is 2.92. The van der Waals surface area contributed by atoms with Crippen LogP contribution in [-0.4, -0.2) is 0 Å². The third-order valence-electron chi connectivity index (χ3n) is 0.379. The van der Waals surface area contributed by atoms with Crippen LogP contribution in [0.5, 0.6) is 0 Å². The van der Waals surface area contributed by atoms with Crippen LogP contribution in [0, 0.1) is 5.53 Å². The molecule has 1 unspecified atom stereocenters. The van der Waals surface area contributed by atoms with Gasteiger partial charge < -0.3 is 0 Å². The third-order valence-corrected chi connectivity index (χ3v) is 0.457. The molecule has 0 aliphatic rings. The zero-order chi connectivity index (χ0) is 11.2. The smallest absolute Gasteiger partial charge is 0.0906 e. The topological polar surface area (TPSA) is 153 Å². The SMILES string of the molecule is N=N/N=N/OOOOOOOOOOP. The average Bonchev–Trinajstić information content (AvgIpc) is 2.26. The minimum Gasteiger partial charge on any atom is -0.189 e. The summed E-state index contributed by atoms with van der Waals surface area (Å²) in [5.41, 5.74) is 6.09. The van der Waals surface area contributed by atoms with Crippen LogP contribution in [0.2, 0.25) is 0 Å². The van der Waals surface area contributed by atoms with Crippen molar-refractivity contribution in [1.29, 1.82) is 5.53 Å². The van der Waals surface area contributed by atoms with Gasteiger partial charge in [0.2, 0.25) is 0 Å². The predicted molar refractivity (Wildman–Crippen MR) is 30.6 cm³/mol. The number of hydrogen-bond acceptors (Lipinski definition) is 12. The molecule has 0 amide bonds. The quantitative estimate of drug-likeness (QED) is 0.180. The summed E-state index contributed by atoms with van der Waals surface area (Å²) in [6.45, 7) is 0. The first kappa shape index (κ1) is 14.1. The summed E-state index contributed by atoms with van der Waals surface area (Å²) >= 11 is 0. The number of nitrogens with one attached hydrogen (secondary N) is 1. The maximum Gasteiger partial charge on any atom is 0.0906 e. The fraction of sp³-hybridized carbons (Fsp3) is 0. The highest BCUT2D eigenvalue weighted by Crippen LogP contribution is 1.92. The van der Waals surface area contributed by atoms with Crippen molar-refractivity contribution in [2.24, 2.45) is 15.7 Å². The molecule has 14 nitrogen and oxygen atoms in total. The lowest BCUT2D eigenvalue weighted by Gasteiger charge is -1.96. The van der Waals surface area contributed by atoms with Crippen molar-refractivity contribution < 1.29 is 50.0 Å². The van der Waals surface area contributed by atoms with Crippen molar-refractivity contribution in [1.82, 2.24) is 0 Å². The first-order chi connectivity index (χ1) is 7.41. The molecule has 0 radical (unpaired) electrons. The molecule has 0 fully saturated rings. The molecule has 0 saturated heterocycles. The molecule has 1 N–H and O–H groups in total. The van der Waals surface area contributed by atoms with Gasteiger partial charge in [0.05, 0.1) is 5.28 Å². The van der Waals surface area contributed by atoms with Crippen LogP contribution in [0.1, 0.15) is 0 Å². The molecule has 0 aromatic carbocycles. The van der Waals surface area contributed by atoms with Crippen LogP contribution < -0.4 is 0 Å². The van der Waals surface area contributed by atoms with E-state index in [9.17, 15) is 0 Å². The lowest BCUT2D eigenvalue weighted by atomic mass is 12.6. The van der Waals surface area contributed by atoms with Gasteiger partial charge in [-0.1, -0.05) is 0 Å². The van der Waals surface area contributed by atoms with E-state index in [0.29, 0.717) is 0 Å². The normalized spacial score (nSPS) is 10.7. The van der Waals surface area contributed by atoms with Gasteiger partial charge in [-0.2, -0.15) is 15.2 Å². The molecule has 0 saturated carbocycles. The van der Waals surface area contributed by atoms with Gasteiger partial charge in [-0.25, -0.2) is 0 Å². The van der Waals surface area contributed by atoms with Crippen molar-refractivity contribution in [3.05, 3.63) is 0 Å². The second-order valence-electron chi connectivity index (χ2n) is 0.986. The maximum absolute atomic E-state index is 6.09. The Kier molecular flexibility index (Phi) is 12.3. The first-order valence-electron chi connectivity index (χ1n) is 2.54. The highest BCUT2D eigenvalue weighted by molar-refractivity contribution is 7.09. The Hall–Kier alpha value is -0.930. The lowest BCUT2D eigenvalue weighted by Crippen LogP contribution is -2.01. The molecule has 0 aliphatic carbocycles. The van der Waals surface area contributed by atoms with Gasteiger partial charge in [-0.05, 0) is 25.4 Å². The van der Waals surface area contributed by atoms with E-state index in [1.54, 1.807) is 9.47 Å². The predicted octanol–water partition coefficient (Wildman–Crippen LogP) is 0.491. The van der Waals surface area contributed by atoms with Gasteiger partial charge in [0.15, 0.2) is 0 Å². The van der Waals surface area contributed by atoms with E-state index in [-0.39, 0.29) is 0 Å². The van der Waals surface area contributed by atoms with Crippen LogP contribution >= 0.6 is 9.47 Å². The van der Waals surface area contributed by atoms with E-state index in [1.165, 1.54) is 0 Å². The van der Waals surface area contributed by atoms with Crippen LogP contribution in [0.4, 0.5) is 0 Å². The zero-order valence-electron chi connectivity index (χ0n) is 6.50. The third kappa shape index (κ3) is 13.1. The Bertz CT molecular complexity index is 162. The second kappa shape index (κ2) is 13.1. The Morgan fingerprint density at radius 3 is 1.87 bits per heavy atom. The summed E-state index contributed by atoms with van der Waals surface area (Å²) in [4.78, 5) is 3.66. The summed E-state index contributed by atoms with van der Waals surface area (Å²) in [5.74, 6) is 0. The minimum atomic E-state index is 1.66. The van der Waals surface area contributed by atoms with Crippen molar-refractivity contribution in [2.45, 2.75) is 0 Å². The van der Waals surface area contributed by atoms with Crippen molar-refractivity contribution >= 4 is 9.47 Å². The van der Waals surface area contributed by atoms with Gasteiger partial charge in [-0.15, -0.1) is 0 Å². The minimum absolute atomic E-state index is 1.66. The molecule has 0 rings (SSSR count). The van der Waals surface area contributed by atoms with E-state index in [4.69, 9.17) is 5.53 Å². The van der Waals surface area contributed by atoms with Crippen molar-refractivity contribution in [2.75, 3.05) is 0 Å². The molecule has 0 spiro atoms. The van der Waals surface area contributed by atoms with E-state index < -0.39 is 0 Å². The Morgan fingerprint density at radius 2 is 1.33 bits per heavy atom. The van der Waals surface area contributed by atoms with Crippen LogP contribution in [0.3, 0.4) is 0 Å². The van der Waals surface area contributed by atoms with Crippen LogP contribution in [0.25, 0.3) is 0 Å². The molecule has 15 heavy (non-hydrogen) atoms. The molecule has 15 heteroatoms. The average molecular weight is 250 g/mol. The van der Waals surface area contributed by atoms with E-state index in [1.807, 2.05) is 0 Å². The first-order valence-corrected chi connectivity index (χ1v) is 3.01. The monoisotopic (exact) mass is 250 g/mol. The van der Waals surface area contributed by atoms with Gasteiger partial charge >= 0.3 is 0 Å². The molecule has 0 aliphatic heterocycles. The molecule has 0 aromatic heterocycles.